The van der Waals surface area contributed by atoms with Crippen molar-refractivity contribution in [1.82, 2.24) is 10.3 Å². The Kier molecular flexibility index (Phi) is 3.87. The van der Waals surface area contributed by atoms with Gasteiger partial charge >= 0.3 is 0 Å². The Bertz CT molecular complexity index is 467. The van der Waals surface area contributed by atoms with Gasteiger partial charge in [-0.3, -0.25) is 4.79 Å². The lowest BCUT2D eigenvalue weighted by atomic mass is 10.0. The van der Waals surface area contributed by atoms with Crippen molar-refractivity contribution in [3.8, 4) is 0 Å². The fourth-order valence-electron chi connectivity index (χ4n) is 3.00. The normalized spacial score (nSPS) is 25.9. The van der Waals surface area contributed by atoms with Gasteiger partial charge in [0.25, 0.3) is 0 Å². The Morgan fingerprint density at radius 3 is 2.80 bits per heavy atom. The molecule has 2 aliphatic rings. The molecule has 3 heterocycles. The van der Waals surface area contributed by atoms with Crippen LogP contribution in [0.1, 0.15) is 26.2 Å². The largest absolute Gasteiger partial charge is 0.357 e. The van der Waals surface area contributed by atoms with Crippen molar-refractivity contribution >= 4 is 17.4 Å². The minimum absolute atomic E-state index is 0.0470. The minimum Gasteiger partial charge on any atom is -0.357 e. The van der Waals surface area contributed by atoms with Crippen molar-refractivity contribution in [1.29, 1.82) is 0 Å². The lowest BCUT2D eigenvalue weighted by Gasteiger charge is -2.18. The number of rotatable bonds is 3. The maximum absolute atomic E-state index is 12.2. The Morgan fingerprint density at radius 2 is 2.20 bits per heavy atom. The highest BCUT2D eigenvalue weighted by molar-refractivity contribution is 5.95. The van der Waals surface area contributed by atoms with E-state index in [-0.39, 0.29) is 11.9 Å². The lowest BCUT2D eigenvalue weighted by Crippen LogP contribution is -2.39. The van der Waals surface area contributed by atoms with Crippen LogP contribution in [-0.2, 0) is 4.79 Å². The smallest absolute Gasteiger partial charge is 0.241 e. The van der Waals surface area contributed by atoms with E-state index in [1.165, 1.54) is 12.8 Å². The van der Waals surface area contributed by atoms with Gasteiger partial charge in [0.1, 0.15) is 5.82 Å². The second-order valence-corrected chi connectivity index (χ2v) is 5.79. The molecule has 0 aliphatic carbocycles. The summed E-state index contributed by atoms with van der Waals surface area (Å²) in [4.78, 5) is 18.9. The van der Waals surface area contributed by atoms with Crippen molar-refractivity contribution < 1.29 is 4.79 Å². The van der Waals surface area contributed by atoms with Crippen LogP contribution in [0, 0.1) is 5.92 Å². The van der Waals surface area contributed by atoms with E-state index in [0.717, 1.165) is 37.6 Å². The number of carbonyl (C=O) groups excluding carboxylic acids is 1. The SMILES string of the molecule is CC1CCNC1C(=O)Nc1ccc(N2CCCC2)nc1. The molecule has 2 unspecified atom stereocenters. The average molecular weight is 274 g/mol. The van der Waals surface area contributed by atoms with Crippen LogP contribution in [-0.4, -0.2) is 36.6 Å². The highest BCUT2D eigenvalue weighted by atomic mass is 16.2. The summed E-state index contributed by atoms with van der Waals surface area (Å²) in [7, 11) is 0. The van der Waals surface area contributed by atoms with Crippen molar-refractivity contribution in [2.45, 2.75) is 32.2 Å². The van der Waals surface area contributed by atoms with Gasteiger partial charge in [-0.25, -0.2) is 4.98 Å². The molecule has 5 nitrogen and oxygen atoms in total. The monoisotopic (exact) mass is 274 g/mol. The van der Waals surface area contributed by atoms with Gasteiger partial charge in [-0.2, -0.15) is 0 Å². The zero-order chi connectivity index (χ0) is 13.9. The van der Waals surface area contributed by atoms with Crippen LogP contribution < -0.4 is 15.5 Å². The molecule has 2 saturated heterocycles. The van der Waals surface area contributed by atoms with Crippen LogP contribution in [0.4, 0.5) is 11.5 Å². The van der Waals surface area contributed by atoms with Crippen molar-refractivity contribution in [2.75, 3.05) is 29.9 Å². The molecule has 2 N–H and O–H groups in total. The standard InChI is InChI=1S/C15H22N4O/c1-11-6-7-16-14(11)15(20)18-12-4-5-13(17-10-12)19-8-2-3-9-19/h4-5,10-11,14,16H,2-3,6-9H2,1H3,(H,18,20). The molecule has 0 aromatic carbocycles. The van der Waals surface area contributed by atoms with Gasteiger partial charge in [0.15, 0.2) is 0 Å². The van der Waals surface area contributed by atoms with Crippen molar-refractivity contribution in [3.05, 3.63) is 18.3 Å². The van der Waals surface area contributed by atoms with Gasteiger partial charge in [0, 0.05) is 13.1 Å². The number of pyridine rings is 1. The van der Waals surface area contributed by atoms with E-state index in [9.17, 15) is 4.79 Å². The molecule has 3 rings (SSSR count). The number of nitrogens with one attached hydrogen (secondary N) is 2. The van der Waals surface area contributed by atoms with Gasteiger partial charge < -0.3 is 15.5 Å². The summed E-state index contributed by atoms with van der Waals surface area (Å²) >= 11 is 0. The second kappa shape index (κ2) is 5.79. The van der Waals surface area contributed by atoms with E-state index in [0.29, 0.717) is 5.92 Å². The third-order valence-electron chi connectivity index (χ3n) is 4.26. The van der Waals surface area contributed by atoms with Gasteiger partial charge in [0.05, 0.1) is 17.9 Å². The molecule has 2 aliphatic heterocycles. The highest BCUT2D eigenvalue weighted by Gasteiger charge is 2.29. The maximum atomic E-state index is 12.2. The molecular weight excluding hydrogens is 252 g/mol. The molecule has 20 heavy (non-hydrogen) atoms. The third kappa shape index (κ3) is 2.77. The highest BCUT2D eigenvalue weighted by Crippen LogP contribution is 2.20. The van der Waals surface area contributed by atoms with Gasteiger partial charge in [0.2, 0.25) is 5.91 Å². The van der Waals surface area contributed by atoms with Crippen LogP contribution in [0.15, 0.2) is 18.3 Å². The van der Waals surface area contributed by atoms with Crippen LogP contribution in [0.2, 0.25) is 0 Å². The summed E-state index contributed by atoms with van der Waals surface area (Å²) in [5, 5.41) is 6.19. The first-order valence-corrected chi connectivity index (χ1v) is 7.49. The summed E-state index contributed by atoms with van der Waals surface area (Å²) in [6.07, 6.45) is 5.30. The molecular formula is C15H22N4O. The first-order chi connectivity index (χ1) is 9.74. The molecule has 2 atom stereocenters. The second-order valence-electron chi connectivity index (χ2n) is 5.79. The maximum Gasteiger partial charge on any atom is 0.241 e. The summed E-state index contributed by atoms with van der Waals surface area (Å²) < 4.78 is 0. The van der Waals surface area contributed by atoms with E-state index >= 15 is 0 Å². The van der Waals surface area contributed by atoms with E-state index in [4.69, 9.17) is 0 Å². The number of anilines is 2. The number of carbonyl (C=O) groups is 1. The third-order valence-corrected chi connectivity index (χ3v) is 4.26. The summed E-state index contributed by atoms with van der Waals surface area (Å²) in [5.41, 5.74) is 0.777. The summed E-state index contributed by atoms with van der Waals surface area (Å²) in [5.74, 6) is 1.45. The van der Waals surface area contributed by atoms with Crippen molar-refractivity contribution in [3.63, 3.8) is 0 Å². The number of hydrogen-bond acceptors (Lipinski definition) is 4. The Balaban J connectivity index is 1.61. The van der Waals surface area contributed by atoms with E-state index in [1.807, 2.05) is 12.1 Å². The zero-order valence-corrected chi connectivity index (χ0v) is 11.9. The Hall–Kier alpha value is -1.62. The fraction of sp³-hybridized carbons (Fsp3) is 0.600. The number of aromatic nitrogens is 1. The van der Waals surface area contributed by atoms with E-state index < -0.39 is 0 Å². The fourth-order valence-corrected chi connectivity index (χ4v) is 3.00. The van der Waals surface area contributed by atoms with Crippen LogP contribution in [0.25, 0.3) is 0 Å². The molecule has 0 spiro atoms. The van der Waals surface area contributed by atoms with E-state index in [1.54, 1.807) is 6.20 Å². The zero-order valence-electron chi connectivity index (χ0n) is 11.9. The average Bonchev–Trinajstić information content (AvgIpc) is 3.10. The molecule has 1 aromatic heterocycles. The topological polar surface area (TPSA) is 57.3 Å². The quantitative estimate of drug-likeness (QED) is 0.879. The molecule has 0 radical (unpaired) electrons. The van der Waals surface area contributed by atoms with Crippen LogP contribution >= 0.6 is 0 Å². The van der Waals surface area contributed by atoms with E-state index in [2.05, 4.69) is 27.4 Å². The van der Waals surface area contributed by atoms with Crippen molar-refractivity contribution in [2.24, 2.45) is 5.92 Å². The molecule has 1 aromatic rings. The molecule has 5 heteroatoms. The number of nitrogens with zero attached hydrogens (tertiary/aromatic N) is 2. The Labute approximate surface area is 119 Å². The summed E-state index contributed by atoms with van der Waals surface area (Å²) in [6, 6.07) is 3.86. The molecule has 2 fully saturated rings. The molecule has 108 valence electrons. The summed E-state index contributed by atoms with van der Waals surface area (Å²) in [6.45, 7) is 5.20. The van der Waals surface area contributed by atoms with Gasteiger partial charge in [-0.1, -0.05) is 6.92 Å². The molecule has 0 saturated carbocycles. The predicted octanol–water partition coefficient (Wildman–Crippen LogP) is 1.62. The van der Waals surface area contributed by atoms with Crippen LogP contribution in [0.5, 0.6) is 0 Å². The first kappa shape index (κ1) is 13.4. The van der Waals surface area contributed by atoms with Gasteiger partial charge in [-0.05, 0) is 43.9 Å². The molecule has 1 amide bonds. The predicted molar refractivity (Wildman–Crippen MR) is 79.9 cm³/mol. The molecule has 0 bridgehead atoms. The lowest BCUT2D eigenvalue weighted by molar-refractivity contribution is -0.118. The number of hydrogen-bond donors (Lipinski definition) is 2. The van der Waals surface area contributed by atoms with Crippen LogP contribution in [0.3, 0.4) is 0 Å². The number of amides is 1. The Morgan fingerprint density at radius 1 is 1.40 bits per heavy atom. The first-order valence-electron chi connectivity index (χ1n) is 7.49. The minimum atomic E-state index is -0.0757. The van der Waals surface area contributed by atoms with Gasteiger partial charge in [-0.15, -0.1) is 0 Å².